The molecule has 62 valence electrons. The first-order valence-corrected chi connectivity index (χ1v) is 3.31. The van der Waals surface area contributed by atoms with E-state index in [-0.39, 0.29) is 0 Å². The molecule has 4 heteroatoms. The van der Waals surface area contributed by atoms with Crippen LogP contribution in [0.2, 0.25) is 0 Å². The van der Waals surface area contributed by atoms with Crippen molar-refractivity contribution in [3.63, 3.8) is 0 Å². The number of aromatic nitrogens is 2. The molecular weight excluding hydrogens is 156 g/mol. The second kappa shape index (κ2) is 3.58. The number of hydrogen-bond donors (Lipinski definition) is 0. The van der Waals surface area contributed by atoms with E-state index in [9.17, 15) is 4.79 Å². The number of carbonyl (C=O) groups excluding carboxylic acids is 1. The second-order valence-corrected chi connectivity index (χ2v) is 2.14. The van der Waals surface area contributed by atoms with Gasteiger partial charge >= 0.3 is 5.97 Å². The van der Waals surface area contributed by atoms with Crippen molar-refractivity contribution in [3.8, 4) is 11.8 Å². The van der Waals surface area contributed by atoms with Crippen molar-refractivity contribution in [3.05, 3.63) is 18.0 Å². The number of esters is 1. The Morgan fingerprint density at radius 1 is 1.75 bits per heavy atom. The second-order valence-electron chi connectivity index (χ2n) is 2.14. The van der Waals surface area contributed by atoms with Gasteiger partial charge in [-0.25, -0.2) is 4.79 Å². The molecular formula is C8H8N2O2. The van der Waals surface area contributed by atoms with Crippen LogP contribution in [0.25, 0.3) is 0 Å². The fraction of sp³-hybridized carbons (Fsp3) is 0.250. The lowest BCUT2D eigenvalue weighted by Crippen LogP contribution is -1.94. The van der Waals surface area contributed by atoms with Crippen LogP contribution in [-0.2, 0) is 16.6 Å². The average molecular weight is 164 g/mol. The topological polar surface area (TPSA) is 44.1 Å². The summed E-state index contributed by atoms with van der Waals surface area (Å²) in [6.07, 6.45) is 3.30. The third-order valence-corrected chi connectivity index (χ3v) is 1.20. The van der Waals surface area contributed by atoms with E-state index in [1.54, 1.807) is 24.1 Å². The van der Waals surface area contributed by atoms with E-state index in [2.05, 4.69) is 21.7 Å². The highest BCUT2D eigenvalue weighted by molar-refractivity contribution is 5.88. The maximum absolute atomic E-state index is 10.6. The van der Waals surface area contributed by atoms with E-state index < -0.39 is 5.97 Å². The Morgan fingerprint density at radius 2 is 2.50 bits per heavy atom. The van der Waals surface area contributed by atoms with Crippen molar-refractivity contribution in [1.82, 2.24) is 9.78 Å². The molecule has 12 heavy (non-hydrogen) atoms. The van der Waals surface area contributed by atoms with Gasteiger partial charge in [-0.3, -0.25) is 4.68 Å². The van der Waals surface area contributed by atoms with Crippen LogP contribution < -0.4 is 0 Å². The van der Waals surface area contributed by atoms with Crippen LogP contribution in [0.4, 0.5) is 0 Å². The first kappa shape index (κ1) is 8.34. The summed E-state index contributed by atoms with van der Waals surface area (Å²) in [6.45, 7) is 0. The first-order chi connectivity index (χ1) is 5.72. The number of hydrogen-bond acceptors (Lipinski definition) is 3. The normalized spacial score (nSPS) is 8.50. The third-order valence-electron chi connectivity index (χ3n) is 1.20. The number of aryl methyl sites for hydroxylation is 1. The fourth-order valence-electron chi connectivity index (χ4n) is 0.660. The molecule has 0 saturated carbocycles. The number of rotatable bonds is 0. The first-order valence-electron chi connectivity index (χ1n) is 3.31. The molecule has 0 fully saturated rings. The lowest BCUT2D eigenvalue weighted by Gasteiger charge is -1.83. The number of nitrogens with zero attached hydrogens (tertiary/aromatic N) is 2. The average Bonchev–Trinajstić information content (AvgIpc) is 2.47. The summed E-state index contributed by atoms with van der Waals surface area (Å²) < 4.78 is 5.95. The zero-order chi connectivity index (χ0) is 8.97. The minimum absolute atomic E-state index is 0.543. The van der Waals surface area contributed by atoms with Gasteiger partial charge in [0.15, 0.2) is 0 Å². The van der Waals surface area contributed by atoms with Gasteiger partial charge in [0.2, 0.25) is 0 Å². The maximum Gasteiger partial charge on any atom is 0.384 e. The Morgan fingerprint density at radius 3 is 3.00 bits per heavy atom. The molecule has 0 unspecified atom stereocenters. The monoisotopic (exact) mass is 164 g/mol. The van der Waals surface area contributed by atoms with Crippen LogP contribution in [0, 0.1) is 11.8 Å². The van der Waals surface area contributed by atoms with Crippen molar-refractivity contribution >= 4 is 5.97 Å². The van der Waals surface area contributed by atoms with Crippen LogP contribution in [-0.4, -0.2) is 22.9 Å². The van der Waals surface area contributed by atoms with E-state index in [4.69, 9.17) is 0 Å². The molecule has 0 aliphatic rings. The van der Waals surface area contributed by atoms with E-state index in [0.29, 0.717) is 5.56 Å². The molecule has 1 aromatic rings. The van der Waals surface area contributed by atoms with Crippen LogP contribution in [0.3, 0.4) is 0 Å². The molecule has 0 aromatic carbocycles. The third kappa shape index (κ3) is 2.13. The summed E-state index contributed by atoms with van der Waals surface area (Å²) in [4.78, 5) is 10.6. The quantitative estimate of drug-likeness (QED) is 0.398. The molecule has 0 atom stereocenters. The summed E-state index contributed by atoms with van der Waals surface area (Å²) in [5.74, 6) is 4.36. The smallest absolute Gasteiger partial charge is 0.384 e. The molecule has 0 aliphatic heterocycles. The van der Waals surface area contributed by atoms with Crippen LogP contribution in [0.15, 0.2) is 12.4 Å². The van der Waals surface area contributed by atoms with Crippen molar-refractivity contribution in [2.45, 2.75) is 0 Å². The van der Waals surface area contributed by atoms with Gasteiger partial charge in [-0.05, 0) is 0 Å². The number of carbonyl (C=O) groups is 1. The zero-order valence-corrected chi connectivity index (χ0v) is 6.87. The van der Waals surface area contributed by atoms with Gasteiger partial charge in [0, 0.05) is 19.2 Å². The SMILES string of the molecule is COC(=O)C#Cc1cnn(C)c1. The minimum atomic E-state index is -0.543. The van der Waals surface area contributed by atoms with Gasteiger partial charge in [0.05, 0.1) is 18.9 Å². The van der Waals surface area contributed by atoms with Gasteiger partial charge in [-0.1, -0.05) is 5.92 Å². The molecule has 0 radical (unpaired) electrons. The fourth-order valence-corrected chi connectivity index (χ4v) is 0.660. The molecule has 1 aromatic heterocycles. The Bertz CT molecular complexity index is 343. The van der Waals surface area contributed by atoms with Crippen molar-refractivity contribution in [2.75, 3.05) is 7.11 Å². The summed E-state index contributed by atoms with van der Waals surface area (Å²) in [5, 5.41) is 3.88. The molecule has 0 aliphatic carbocycles. The Kier molecular flexibility index (Phi) is 2.49. The highest BCUT2D eigenvalue weighted by Crippen LogP contribution is 1.91. The van der Waals surface area contributed by atoms with Gasteiger partial charge in [-0.15, -0.1) is 0 Å². The molecule has 0 bridgehead atoms. The van der Waals surface area contributed by atoms with E-state index >= 15 is 0 Å². The largest absolute Gasteiger partial charge is 0.459 e. The highest BCUT2D eigenvalue weighted by atomic mass is 16.5. The maximum atomic E-state index is 10.6. The Labute approximate surface area is 70.1 Å². The zero-order valence-electron chi connectivity index (χ0n) is 6.87. The van der Waals surface area contributed by atoms with E-state index in [0.717, 1.165) is 0 Å². The van der Waals surface area contributed by atoms with Crippen molar-refractivity contribution in [2.24, 2.45) is 7.05 Å². The summed E-state index contributed by atoms with van der Waals surface area (Å²) in [6, 6.07) is 0. The lowest BCUT2D eigenvalue weighted by atomic mass is 10.4. The standard InChI is InChI=1S/C8H8N2O2/c1-10-6-7(5-9-10)3-4-8(11)12-2/h5-6H,1-2H3. The van der Waals surface area contributed by atoms with Crippen LogP contribution in [0.1, 0.15) is 5.56 Å². The molecule has 1 heterocycles. The van der Waals surface area contributed by atoms with Gasteiger partial charge in [-0.2, -0.15) is 5.10 Å². The summed E-state index contributed by atoms with van der Waals surface area (Å²) in [7, 11) is 3.07. The lowest BCUT2D eigenvalue weighted by molar-refractivity contribution is -0.133. The molecule has 0 amide bonds. The number of ether oxygens (including phenoxy) is 1. The summed E-state index contributed by atoms with van der Waals surface area (Å²) in [5.41, 5.74) is 0.697. The van der Waals surface area contributed by atoms with Crippen LogP contribution >= 0.6 is 0 Å². The minimum Gasteiger partial charge on any atom is -0.459 e. The Balaban J connectivity index is 2.73. The van der Waals surface area contributed by atoms with Gasteiger partial charge in [0.25, 0.3) is 0 Å². The molecule has 0 N–H and O–H groups in total. The van der Waals surface area contributed by atoms with E-state index in [1.165, 1.54) is 7.11 Å². The summed E-state index contributed by atoms with van der Waals surface area (Å²) >= 11 is 0. The molecule has 4 nitrogen and oxygen atoms in total. The molecule has 0 saturated heterocycles. The van der Waals surface area contributed by atoms with Crippen molar-refractivity contribution in [1.29, 1.82) is 0 Å². The molecule has 0 spiro atoms. The number of methoxy groups -OCH3 is 1. The van der Waals surface area contributed by atoms with Gasteiger partial charge < -0.3 is 4.74 Å². The predicted molar refractivity (Wildman–Crippen MR) is 42.1 cm³/mol. The van der Waals surface area contributed by atoms with Crippen molar-refractivity contribution < 1.29 is 9.53 Å². The predicted octanol–water partition coefficient (Wildman–Crippen LogP) is -0.0554. The molecule has 1 rings (SSSR count). The van der Waals surface area contributed by atoms with Gasteiger partial charge in [0.1, 0.15) is 0 Å². The van der Waals surface area contributed by atoms with Crippen LogP contribution in [0.5, 0.6) is 0 Å². The highest BCUT2D eigenvalue weighted by Gasteiger charge is 1.92. The Hall–Kier alpha value is -1.76. The van der Waals surface area contributed by atoms with E-state index in [1.807, 2.05) is 0 Å².